The number of para-hydroxylation sites is 1. The van der Waals surface area contributed by atoms with E-state index in [9.17, 15) is 9.59 Å². The second-order valence-corrected chi connectivity index (χ2v) is 4.64. The van der Waals surface area contributed by atoms with E-state index in [4.69, 9.17) is 10.5 Å². The molecule has 0 saturated carbocycles. The minimum Gasteiger partial charge on any atom is -0.496 e. The summed E-state index contributed by atoms with van der Waals surface area (Å²) in [5.74, 6) is -0.586. The van der Waals surface area contributed by atoms with Crippen LogP contribution >= 0.6 is 0 Å². The average Bonchev–Trinajstić information content (AvgIpc) is 2.83. The van der Waals surface area contributed by atoms with Gasteiger partial charge in [-0.05, 0) is 26.0 Å². The second-order valence-electron chi connectivity index (χ2n) is 4.64. The molecule has 0 radical (unpaired) electrons. The van der Waals surface area contributed by atoms with Crippen LogP contribution in [0.25, 0.3) is 0 Å². The molecule has 1 heterocycles. The molecule has 0 aliphatic carbocycles. The highest BCUT2D eigenvalue weighted by Gasteiger charge is 2.22. The van der Waals surface area contributed by atoms with E-state index in [0.29, 0.717) is 29.2 Å². The maximum absolute atomic E-state index is 12.4. The van der Waals surface area contributed by atoms with E-state index in [1.54, 1.807) is 31.2 Å². The number of primary amides is 1. The smallest absolute Gasteiger partial charge is 0.269 e. The van der Waals surface area contributed by atoms with Gasteiger partial charge in [0.2, 0.25) is 0 Å². The summed E-state index contributed by atoms with van der Waals surface area (Å²) in [6.45, 7) is 4.02. The zero-order valence-electron chi connectivity index (χ0n) is 12.7. The number of methoxy groups -OCH3 is 1. The molecule has 0 fully saturated rings. The number of anilines is 1. The van der Waals surface area contributed by atoms with E-state index in [-0.39, 0.29) is 5.69 Å². The van der Waals surface area contributed by atoms with Gasteiger partial charge in [0.1, 0.15) is 11.4 Å². The summed E-state index contributed by atoms with van der Waals surface area (Å²) in [5.41, 5.74) is 6.80. The maximum atomic E-state index is 12.4. The van der Waals surface area contributed by atoms with Crippen molar-refractivity contribution >= 4 is 17.5 Å². The number of hydrogen-bond donors (Lipinski definition) is 2. The Labute approximate surface area is 128 Å². The van der Waals surface area contributed by atoms with Crippen molar-refractivity contribution in [2.45, 2.75) is 20.4 Å². The minimum absolute atomic E-state index is 0.184. The van der Waals surface area contributed by atoms with Crippen LogP contribution in [0, 0.1) is 6.92 Å². The van der Waals surface area contributed by atoms with Crippen LogP contribution < -0.4 is 15.8 Å². The van der Waals surface area contributed by atoms with Crippen molar-refractivity contribution in [2.24, 2.45) is 5.73 Å². The lowest BCUT2D eigenvalue weighted by Crippen LogP contribution is -2.21. The molecule has 0 spiro atoms. The number of amides is 2. The average molecular weight is 302 g/mol. The number of hydrogen-bond acceptors (Lipinski definition) is 4. The van der Waals surface area contributed by atoms with Crippen molar-refractivity contribution in [1.82, 2.24) is 9.78 Å². The quantitative estimate of drug-likeness (QED) is 0.875. The van der Waals surface area contributed by atoms with Gasteiger partial charge in [-0.3, -0.25) is 14.3 Å². The van der Waals surface area contributed by atoms with Gasteiger partial charge in [0, 0.05) is 6.54 Å². The number of rotatable bonds is 5. The molecule has 0 bridgehead atoms. The molecular weight excluding hydrogens is 284 g/mol. The highest BCUT2D eigenvalue weighted by molar-refractivity contribution is 6.09. The van der Waals surface area contributed by atoms with E-state index in [2.05, 4.69) is 10.4 Å². The molecule has 22 heavy (non-hydrogen) atoms. The van der Waals surface area contributed by atoms with E-state index < -0.39 is 11.8 Å². The molecule has 0 saturated heterocycles. The molecule has 2 rings (SSSR count). The van der Waals surface area contributed by atoms with Crippen LogP contribution in [-0.2, 0) is 6.54 Å². The molecule has 0 atom stereocenters. The van der Waals surface area contributed by atoms with Gasteiger partial charge in [0.05, 0.1) is 24.1 Å². The van der Waals surface area contributed by atoms with Gasteiger partial charge in [-0.15, -0.1) is 0 Å². The zero-order chi connectivity index (χ0) is 16.3. The van der Waals surface area contributed by atoms with Crippen LogP contribution in [0.3, 0.4) is 0 Å². The van der Waals surface area contributed by atoms with Gasteiger partial charge >= 0.3 is 0 Å². The van der Waals surface area contributed by atoms with Crippen LogP contribution in [0.2, 0.25) is 0 Å². The summed E-state index contributed by atoms with van der Waals surface area (Å²) in [5, 5.41) is 6.91. The first-order valence-corrected chi connectivity index (χ1v) is 6.81. The fourth-order valence-corrected chi connectivity index (χ4v) is 2.22. The summed E-state index contributed by atoms with van der Waals surface area (Å²) >= 11 is 0. The second kappa shape index (κ2) is 6.30. The molecule has 116 valence electrons. The maximum Gasteiger partial charge on any atom is 0.269 e. The van der Waals surface area contributed by atoms with E-state index in [1.807, 2.05) is 6.92 Å². The molecule has 0 aliphatic rings. The SMILES string of the molecule is CCn1nc(C)c(NC(=O)c2ccccc2OC)c1C(N)=O. The topological polar surface area (TPSA) is 99.2 Å². The van der Waals surface area contributed by atoms with Gasteiger partial charge in [-0.25, -0.2) is 0 Å². The highest BCUT2D eigenvalue weighted by atomic mass is 16.5. The Morgan fingerprint density at radius 3 is 2.64 bits per heavy atom. The Kier molecular flexibility index (Phi) is 4.45. The van der Waals surface area contributed by atoms with Crippen molar-refractivity contribution in [1.29, 1.82) is 0 Å². The molecule has 7 nitrogen and oxygen atoms in total. The molecular formula is C15H18N4O3. The van der Waals surface area contributed by atoms with Crippen LogP contribution in [0.5, 0.6) is 5.75 Å². The van der Waals surface area contributed by atoms with Crippen LogP contribution in [0.15, 0.2) is 24.3 Å². The van der Waals surface area contributed by atoms with Gasteiger partial charge in [0.25, 0.3) is 11.8 Å². The number of benzene rings is 1. The number of nitrogens with two attached hydrogens (primary N) is 1. The fourth-order valence-electron chi connectivity index (χ4n) is 2.22. The lowest BCUT2D eigenvalue weighted by molar-refractivity contribution is 0.0991. The number of carbonyl (C=O) groups is 2. The molecule has 2 aromatic rings. The third kappa shape index (κ3) is 2.78. The van der Waals surface area contributed by atoms with E-state index >= 15 is 0 Å². The number of aryl methyl sites for hydroxylation is 2. The lowest BCUT2D eigenvalue weighted by Gasteiger charge is -2.10. The number of aromatic nitrogens is 2. The third-order valence-electron chi connectivity index (χ3n) is 3.25. The van der Waals surface area contributed by atoms with Crippen molar-refractivity contribution in [2.75, 3.05) is 12.4 Å². The first kappa shape index (κ1) is 15.6. The lowest BCUT2D eigenvalue weighted by atomic mass is 10.1. The first-order chi connectivity index (χ1) is 10.5. The summed E-state index contributed by atoms with van der Waals surface area (Å²) in [6, 6.07) is 6.82. The molecule has 0 aliphatic heterocycles. The Bertz CT molecular complexity index is 722. The predicted octanol–water partition coefficient (Wildman–Crippen LogP) is 1.57. The van der Waals surface area contributed by atoms with Crippen molar-refractivity contribution in [3.63, 3.8) is 0 Å². The van der Waals surface area contributed by atoms with Crippen molar-refractivity contribution in [3.05, 3.63) is 41.2 Å². The van der Waals surface area contributed by atoms with Gasteiger partial charge in [-0.1, -0.05) is 12.1 Å². The molecule has 1 aromatic carbocycles. The summed E-state index contributed by atoms with van der Waals surface area (Å²) in [7, 11) is 1.49. The summed E-state index contributed by atoms with van der Waals surface area (Å²) < 4.78 is 6.63. The Morgan fingerprint density at radius 2 is 2.05 bits per heavy atom. The summed E-state index contributed by atoms with van der Waals surface area (Å²) in [6.07, 6.45) is 0. The van der Waals surface area contributed by atoms with E-state index in [1.165, 1.54) is 11.8 Å². The number of ether oxygens (including phenoxy) is 1. The molecule has 3 N–H and O–H groups in total. The van der Waals surface area contributed by atoms with Crippen LogP contribution in [-0.4, -0.2) is 28.7 Å². The Balaban J connectivity index is 2.40. The molecule has 2 amide bonds. The highest BCUT2D eigenvalue weighted by Crippen LogP contribution is 2.23. The number of nitrogens with one attached hydrogen (secondary N) is 1. The fraction of sp³-hybridized carbons (Fsp3) is 0.267. The summed E-state index contributed by atoms with van der Waals surface area (Å²) in [4.78, 5) is 24.1. The van der Waals surface area contributed by atoms with Crippen molar-refractivity contribution in [3.8, 4) is 5.75 Å². The van der Waals surface area contributed by atoms with Crippen molar-refractivity contribution < 1.29 is 14.3 Å². The van der Waals surface area contributed by atoms with Gasteiger partial charge in [-0.2, -0.15) is 5.10 Å². The normalized spacial score (nSPS) is 10.3. The van der Waals surface area contributed by atoms with Gasteiger partial charge in [0.15, 0.2) is 0 Å². The molecule has 1 aromatic heterocycles. The number of nitrogens with zero attached hydrogens (tertiary/aromatic N) is 2. The monoisotopic (exact) mass is 302 g/mol. The molecule has 7 heteroatoms. The molecule has 0 unspecified atom stereocenters. The number of carbonyl (C=O) groups excluding carboxylic acids is 2. The first-order valence-electron chi connectivity index (χ1n) is 6.81. The zero-order valence-corrected chi connectivity index (χ0v) is 12.7. The van der Waals surface area contributed by atoms with Crippen LogP contribution in [0.1, 0.15) is 33.5 Å². The van der Waals surface area contributed by atoms with Crippen LogP contribution in [0.4, 0.5) is 5.69 Å². The van der Waals surface area contributed by atoms with Gasteiger partial charge < -0.3 is 15.8 Å². The Morgan fingerprint density at radius 1 is 1.36 bits per heavy atom. The Hall–Kier alpha value is -2.83. The van der Waals surface area contributed by atoms with E-state index in [0.717, 1.165) is 0 Å². The standard InChI is InChI=1S/C15H18N4O3/c1-4-19-13(14(16)20)12(9(2)18-19)17-15(21)10-7-5-6-8-11(10)22-3/h5-8H,4H2,1-3H3,(H2,16,20)(H,17,21). The predicted molar refractivity (Wildman–Crippen MR) is 82.1 cm³/mol. The minimum atomic E-state index is -0.641. The third-order valence-corrected chi connectivity index (χ3v) is 3.25. The largest absolute Gasteiger partial charge is 0.496 e.